The van der Waals surface area contributed by atoms with E-state index in [0.717, 1.165) is 29.1 Å². The summed E-state index contributed by atoms with van der Waals surface area (Å²) in [7, 11) is 0. The van der Waals surface area contributed by atoms with Gasteiger partial charge in [-0.05, 0) is 66.0 Å². The quantitative estimate of drug-likeness (QED) is 0.364. The minimum atomic E-state index is -0.0475. The fraction of sp³-hybridized carbons (Fsp3) is 0.160. The fourth-order valence-electron chi connectivity index (χ4n) is 4.19. The Bertz CT molecular complexity index is 1350. The number of nitrogens with zero attached hydrogens (tertiary/aromatic N) is 2. The fourth-order valence-corrected chi connectivity index (χ4v) is 4.41. The number of aromatic nitrogens is 3. The number of hydrogen-bond acceptors (Lipinski definition) is 3. The monoisotopic (exact) mass is 426 g/mol. The van der Waals surface area contributed by atoms with Crippen LogP contribution in [0.15, 0.2) is 66.7 Å². The zero-order valence-electron chi connectivity index (χ0n) is 17.2. The van der Waals surface area contributed by atoms with E-state index in [0.29, 0.717) is 17.7 Å². The van der Waals surface area contributed by atoms with Crippen molar-refractivity contribution in [3.63, 3.8) is 0 Å². The standard InChI is InChI=1S/C25H22N4OS/c1-16-5-4-7-18(13-16)24-27-28-25(31)29(24)12-11-23(30)26-20-9-10-22-19(15-20)14-17-6-2-3-8-21(17)22/h2-10,13,15H,11-12,14H2,1H3,(H,26,30)(H,28,31). The highest BCUT2D eigenvalue weighted by atomic mass is 32.1. The van der Waals surface area contributed by atoms with Crippen LogP contribution in [0.4, 0.5) is 5.69 Å². The minimum absolute atomic E-state index is 0.0475. The van der Waals surface area contributed by atoms with Gasteiger partial charge in [-0.15, -0.1) is 0 Å². The van der Waals surface area contributed by atoms with Crippen LogP contribution in [0.3, 0.4) is 0 Å². The Labute approximate surface area is 185 Å². The third kappa shape index (κ3) is 3.82. The first-order valence-electron chi connectivity index (χ1n) is 10.3. The van der Waals surface area contributed by atoms with E-state index < -0.39 is 0 Å². The number of H-pyrrole nitrogens is 1. The van der Waals surface area contributed by atoms with Crippen LogP contribution in [0.25, 0.3) is 22.5 Å². The van der Waals surface area contributed by atoms with E-state index in [4.69, 9.17) is 12.2 Å². The number of aromatic amines is 1. The van der Waals surface area contributed by atoms with Gasteiger partial charge in [-0.3, -0.25) is 14.5 Å². The molecular weight excluding hydrogens is 404 g/mol. The maximum absolute atomic E-state index is 12.7. The Hall–Kier alpha value is -3.51. The van der Waals surface area contributed by atoms with Gasteiger partial charge < -0.3 is 5.32 Å². The Morgan fingerprint density at radius 1 is 1.06 bits per heavy atom. The molecule has 5 nitrogen and oxygen atoms in total. The second-order valence-electron chi connectivity index (χ2n) is 7.88. The first kappa shape index (κ1) is 19.5. The van der Waals surface area contributed by atoms with Crippen LogP contribution >= 0.6 is 12.2 Å². The molecule has 1 aromatic heterocycles. The van der Waals surface area contributed by atoms with E-state index in [1.54, 1.807) is 0 Å². The smallest absolute Gasteiger partial charge is 0.226 e. The molecule has 1 amide bonds. The molecule has 0 radical (unpaired) electrons. The lowest BCUT2D eigenvalue weighted by Gasteiger charge is -2.10. The number of carbonyl (C=O) groups excluding carboxylic acids is 1. The van der Waals surface area contributed by atoms with Crippen molar-refractivity contribution in [1.29, 1.82) is 0 Å². The van der Waals surface area contributed by atoms with Gasteiger partial charge in [0.05, 0.1) is 0 Å². The molecule has 2 N–H and O–H groups in total. The zero-order valence-corrected chi connectivity index (χ0v) is 18.0. The van der Waals surface area contributed by atoms with E-state index in [9.17, 15) is 4.79 Å². The lowest BCUT2D eigenvalue weighted by Crippen LogP contribution is -2.15. The van der Waals surface area contributed by atoms with Crippen LogP contribution in [0.1, 0.15) is 23.1 Å². The molecule has 1 aliphatic rings. The topological polar surface area (TPSA) is 62.7 Å². The van der Waals surface area contributed by atoms with Gasteiger partial charge >= 0.3 is 0 Å². The van der Waals surface area contributed by atoms with Crippen molar-refractivity contribution in [2.45, 2.75) is 26.3 Å². The third-order valence-electron chi connectivity index (χ3n) is 5.67. The largest absolute Gasteiger partial charge is 0.326 e. The number of carbonyl (C=O) groups is 1. The molecule has 1 heterocycles. The van der Waals surface area contributed by atoms with E-state index in [-0.39, 0.29) is 5.91 Å². The van der Waals surface area contributed by atoms with Crippen LogP contribution in [-0.2, 0) is 17.8 Å². The van der Waals surface area contributed by atoms with E-state index >= 15 is 0 Å². The lowest BCUT2D eigenvalue weighted by atomic mass is 10.1. The summed E-state index contributed by atoms with van der Waals surface area (Å²) in [5.41, 5.74) is 8.07. The Kier molecular flexibility index (Phi) is 5.00. The number of anilines is 1. The first-order valence-corrected chi connectivity index (χ1v) is 10.7. The van der Waals surface area contributed by atoms with Gasteiger partial charge in [0.15, 0.2) is 10.6 Å². The summed E-state index contributed by atoms with van der Waals surface area (Å²) >= 11 is 5.39. The van der Waals surface area contributed by atoms with Crippen molar-refractivity contribution in [3.8, 4) is 22.5 Å². The molecule has 5 rings (SSSR count). The molecule has 3 aromatic carbocycles. The average molecular weight is 427 g/mol. The maximum Gasteiger partial charge on any atom is 0.226 e. The number of fused-ring (bicyclic) bond motifs is 3. The average Bonchev–Trinajstić information content (AvgIpc) is 3.32. The SMILES string of the molecule is Cc1cccc(-c2n[nH]c(=S)n2CCC(=O)Nc2ccc3c(c2)Cc2ccccc2-3)c1. The van der Waals surface area contributed by atoms with Crippen molar-refractivity contribution in [2.75, 3.05) is 5.32 Å². The molecule has 6 heteroatoms. The van der Waals surface area contributed by atoms with Gasteiger partial charge in [0.1, 0.15) is 0 Å². The summed E-state index contributed by atoms with van der Waals surface area (Å²) in [6, 6.07) is 22.7. The molecule has 0 saturated heterocycles. The van der Waals surface area contributed by atoms with Crippen LogP contribution in [0, 0.1) is 11.7 Å². The summed E-state index contributed by atoms with van der Waals surface area (Å²) in [5.74, 6) is 0.700. The van der Waals surface area contributed by atoms with Gasteiger partial charge in [0.2, 0.25) is 5.91 Å². The predicted octanol–water partition coefficient (Wildman–Crippen LogP) is 5.52. The summed E-state index contributed by atoms with van der Waals surface area (Å²) in [4.78, 5) is 12.7. The molecule has 0 fully saturated rings. The summed E-state index contributed by atoms with van der Waals surface area (Å²) < 4.78 is 2.39. The van der Waals surface area contributed by atoms with Gasteiger partial charge in [-0.2, -0.15) is 5.10 Å². The van der Waals surface area contributed by atoms with Gasteiger partial charge in [0, 0.05) is 24.2 Å². The number of amides is 1. The second kappa shape index (κ2) is 7.96. The number of aryl methyl sites for hydroxylation is 1. The highest BCUT2D eigenvalue weighted by Gasteiger charge is 2.18. The molecule has 0 atom stereocenters. The number of benzene rings is 3. The number of rotatable bonds is 5. The van der Waals surface area contributed by atoms with Crippen LogP contribution in [0.5, 0.6) is 0 Å². The Morgan fingerprint density at radius 3 is 2.77 bits per heavy atom. The Balaban J connectivity index is 1.28. The summed E-state index contributed by atoms with van der Waals surface area (Å²) in [6.07, 6.45) is 1.21. The Morgan fingerprint density at radius 2 is 1.90 bits per heavy atom. The molecular formula is C25H22N4OS. The zero-order chi connectivity index (χ0) is 21.4. The highest BCUT2D eigenvalue weighted by molar-refractivity contribution is 7.71. The molecule has 0 bridgehead atoms. The van der Waals surface area contributed by atoms with E-state index in [1.165, 1.54) is 22.3 Å². The van der Waals surface area contributed by atoms with E-state index in [2.05, 4.69) is 58.0 Å². The van der Waals surface area contributed by atoms with Gasteiger partial charge in [-0.25, -0.2) is 0 Å². The van der Waals surface area contributed by atoms with Crippen molar-refractivity contribution >= 4 is 23.8 Å². The molecule has 4 aromatic rings. The summed E-state index contributed by atoms with van der Waals surface area (Å²) in [5, 5.41) is 10.2. The van der Waals surface area contributed by atoms with Gasteiger partial charge in [-0.1, -0.05) is 54.1 Å². The maximum atomic E-state index is 12.7. The normalized spacial score (nSPS) is 11.8. The first-order chi connectivity index (χ1) is 15.1. The van der Waals surface area contributed by atoms with Crippen LogP contribution < -0.4 is 5.32 Å². The van der Waals surface area contributed by atoms with Crippen LogP contribution in [0.2, 0.25) is 0 Å². The van der Waals surface area contributed by atoms with Gasteiger partial charge in [0.25, 0.3) is 0 Å². The summed E-state index contributed by atoms with van der Waals surface area (Å²) in [6.45, 7) is 2.50. The van der Waals surface area contributed by atoms with Crippen molar-refractivity contribution < 1.29 is 4.79 Å². The molecule has 0 aliphatic heterocycles. The second-order valence-corrected chi connectivity index (χ2v) is 8.26. The molecule has 0 spiro atoms. The van der Waals surface area contributed by atoms with Crippen molar-refractivity contribution in [3.05, 3.63) is 88.2 Å². The lowest BCUT2D eigenvalue weighted by molar-refractivity contribution is -0.116. The molecule has 0 saturated carbocycles. The third-order valence-corrected chi connectivity index (χ3v) is 5.99. The molecule has 154 valence electrons. The van der Waals surface area contributed by atoms with Crippen LogP contribution in [-0.4, -0.2) is 20.7 Å². The highest BCUT2D eigenvalue weighted by Crippen LogP contribution is 2.37. The van der Waals surface area contributed by atoms with Crippen molar-refractivity contribution in [2.24, 2.45) is 0 Å². The molecule has 31 heavy (non-hydrogen) atoms. The van der Waals surface area contributed by atoms with E-state index in [1.807, 2.05) is 35.8 Å². The van der Waals surface area contributed by atoms with Crippen molar-refractivity contribution in [1.82, 2.24) is 14.8 Å². The molecule has 1 aliphatic carbocycles. The number of nitrogens with one attached hydrogen (secondary N) is 2. The number of hydrogen-bond donors (Lipinski definition) is 2. The predicted molar refractivity (Wildman–Crippen MR) is 126 cm³/mol. The molecule has 0 unspecified atom stereocenters. The minimum Gasteiger partial charge on any atom is -0.326 e.